The number of aromatic hydroxyl groups is 2. The van der Waals surface area contributed by atoms with E-state index in [1.54, 1.807) is 6.92 Å². The first-order valence-electron chi connectivity index (χ1n) is 16.7. The van der Waals surface area contributed by atoms with Crippen LogP contribution in [0.25, 0.3) is 0 Å². The van der Waals surface area contributed by atoms with Gasteiger partial charge < -0.3 is 45.1 Å². The Hall–Kier alpha value is -4.86. The molecule has 0 unspecified atom stereocenters. The Bertz CT molecular complexity index is 1890. The fourth-order valence-electron chi connectivity index (χ4n) is 7.26. The number of fused-ring (bicyclic) bond motifs is 3. The second-order valence-electron chi connectivity index (χ2n) is 13.1. The SMILES string of the molecule is CCc1ccc(COC(=O)N[C@@H]2C[C@@H](N[C@@H]3C[C@@](O)(C(=O)CO)Cc4c(O)c5c(c(O)c43)C(=O)c3c(OC)cccc3C5=O)O[C@H](C)[C@@H]2O)cc1. The van der Waals surface area contributed by atoms with Gasteiger partial charge in [-0.25, -0.2) is 4.79 Å². The number of hydrogen-bond donors (Lipinski definition) is 7. The van der Waals surface area contributed by atoms with Crippen molar-refractivity contribution >= 4 is 23.4 Å². The van der Waals surface area contributed by atoms with E-state index in [-0.39, 0.29) is 41.0 Å². The fraction of sp³-hybridized carbons (Fsp3) is 0.405. The van der Waals surface area contributed by atoms with Crippen molar-refractivity contribution in [1.29, 1.82) is 0 Å². The average Bonchev–Trinajstić information content (AvgIpc) is 3.12. The van der Waals surface area contributed by atoms with Crippen molar-refractivity contribution in [2.75, 3.05) is 13.7 Å². The predicted molar refractivity (Wildman–Crippen MR) is 179 cm³/mol. The number of alkyl carbamates (subject to hydrolysis) is 1. The number of aryl methyl sites for hydroxylation is 1. The molecule has 14 heteroatoms. The third-order valence-corrected chi connectivity index (χ3v) is 10.0. The molecule has 14 nitrogen and oxygen atoms in total. The molecule has 3 aromatic carbocycles. The largest absolute Gasteiger partial charge is 0.507 e. The number of carbonyl (C=O) groups excluding carboxylic acids is 4. The van der Waals surface area contributed by atoms with Gasteiger partial charge in [0.05, 0.1) is 35.9 Å². The minimum Gasteiger partial charge on any atom is -0.507 e. The van der Waals surface area contributed by atoms with Gasteiger partial charge in [-0.1, -0.05) is 43.3 Å². The normalized spacial score (nSPS) is 25.3. The molecule has 0 radical (unpaired) electrons. The van der Waals surface area contributed by atoms with Gasteiger partial charge in [-0.05, 0) is 30.5 Å². The molecule has 1 aliphatic heterocycles. The lowest BCUT2D eigenvalue weighted by Gasteiger charge is -2.43. The van der Waals surface area contributed by atoms with Gasteiger partial charge in [0.25, 0.3) is 0 Å². The van der Waals surface area contributed by atoms with Crippen LogP contribution in [0.15, 0.2) is 42.5 Å². The lowest BCUT2D eigenvalue weighted by molar-refractivity contribution is -0.147. The molecule has 270 valence electrons. The van der Waals surface area contributed by atoms with Crippen LogP contribution in [0.2, 0.25) is 0 Å². The number of methoxy groups -OCH3 is 1. The summed E-state index contributed by atoms with van der Waals surface area (Å²) in [4.78, 5) is 53.3. The Morgan fingerprint density at radius 2 is 1.69 bits per heavy atom. The summed E-state index contributed by atoms with van der Waals surface area (Å²) in [6, 6.07) is 9.84. The van der Waals surface area contributed by atoms with E-state index in [4.69, 9.17) is 14.2 Å². The zero-order valence-electron chi connectivity index (χ0n) is 28.3. The quantitative estimate of drug-likeness (QED) is 0.124. The van der Waals surface area contributed by atoms with E-state index in [9.17, 15) is 44.7 Å². The van der Waals surface area contributed by atoms with Crippen LogP contribution in [-0.4, -0.2) is 92.8 Å². The number of benzene rings is 3. The summed E-state index contributed by atoms with van der Waals surface area (Å²) in [5.74, 6) is -3.82. The number of phenols is 2. The molecule has 0 saturated carbocycles. The number of aliphatic hydroxyl groups is 3. The monoisotopic (exact) mass is 704 g/mol. The van der Waals surface area contributed by atoms with Gasteiger partial charge in [-0.3, -0.25) is 19.7 Å². The molecule has 2 aliphatic carbocycles. The van der Waals surface area contributed by atoms with E-state index in [0.717, 1.165) is 17.5 Å². The second kappa shape index (κ2) is 14.0. The van der Waals surface area contributed by atoms with Crippen molar-refractivity contribution in [1.82, 2.24) is 10.6 Å². The van der Waals surface area contributed by atoms with Crippen LogP contribution < -0.4 is 15.4 Å². The molecule has 0 bridgehead atoms. The molecule has 3 aliphatic rings. The molecule has 1 amide bonds. The van der Waals surface area contributed by atoms with Gasteiger partial charge in [-0.2, -0.15) is 0 Å². The fourth-order valence-corrected chi connectivity index (χ4v) is 7.26. The Balaban J connectivity index is 1.31. The Morgan fingerprint density at radius 3 is 2.35 bits per heavy atom. The van der Waals surface area contributed by atoms with Crippen LogP contribution in [0.3, 0.4) is 0 Å². The Labute approximate surface area is 293 Å². The summed E-state index contributed by atoms with van der Waals surface area (Å²) in [6.07, 6.45) is -4.00. The highest BCUT2D eigenvalue weighted by molar-refractivity contribution is 6.31. The minimum absolute atomic E-state index is 0.00658. The molecular formula is C37H40N2O12. The summed E-state index contributed by atoms with van der Waals surface area (Å²) < 4.78 is 16.7. The topological polar surface area (TPSA) is 221 Å². The summed E-state index contributed by atoms with van der Waals surface area (Å²) in [7, 11) is 1.32. The van der Waals surface area contributed by atoms with Gasteiger partial charge in [0.2, 0.25) is 5.78 Å². The maximum Gasteiger partial charge on any atom is 0.407 e. The number of rotatable bonds is 9. The maximum absolute atomic E-state index is 13.9. The number of aliphatic hydroxyl groups excluding tert-OH is 2. The second-order valence-corrected chi connectivity index (χ2v) is 13.1. The summed E-state index contributed by atoms with van der Waals surface area (Å²) in [5, 5.41) is 61.3. The van der Waals surface area contributed by atoms with Gasteiger partial charge in [-0.15, -0.1) is 0 Å². The number of nitrogens with one attached hydrogen (secondary N) is 2. The lowest BCUT2D eigenvalue weighted by atomic mass is 9.71. The third kappa shape index (κ3) is 6.45. The molecule has 6 rings (SSSR count). The summed E-state index contributed by atoms with van der Waals surface area (Å²) >= 11 is 0. The van der Waals surface area contributed by atoms with Gasteiger partial charge >= 0.3 is 6.09 Å². The molecule has 0 spiro atoms. The van der Waals surface area contributed by atoms with Crippen molar-refractivity contribution in [2.45, 2.75) is 82.3 Å². The predicted octanol–water partition coefficient (Wildman–Crippen LogP) is 2.10. The van der Waals surface area contributed by atoms with E-state index >= 15 is 0 Å². The van der Waals surface area contributed by atoms with Crippen LogP contribution in [0.4, 0.5) is 4.79 Å². The molecule has 1 saturated heterocycles. The molecule has 3 aromatic rings. The number of Topliss-reactive ketones (excluding diaryl/α,β-unsaturated/α-hetero) is 1. The van der Waals surface area contributed by atoms with E-state index in [1.807, 2.05) is 31.2 Å². The first-order valence-corrected chi connectivity index (χ1v) is 16.7. The number of hydrogen-bond acceptors (Lipinski definition) is 13. The van der Waals surface area contributed by atoms with Crippen molar-refractivity contribution in [3.05, 3.63) is 87.0 Å². The molecule has 7 N–H and O–H groups in total. The zero-order chi connectivity index (χ0) is 36.8. The highest BCUT2D eigenvalue weighted by Gasteiger charge is 2.49. The van der Waals surface area contributed by atoms with Crippen molar-refractivity contribution in [3.8, 4) is 17.2 Å². The minimum atomic E-state index is -2.27. The van der Waals surface area contributed by atoms with Crippen LogP contribution in [0.5, 0.6) is 17.2 Å². The van der Waals surface area contributed by atoms with Gasteiger partial charge in [0.1, 0.15) is 48.4 Å². The van der Waals surface area contributed by atoms with E-state index in [0.29, 0.717) is 0 Å². The number of phenolic OH excluding ortho intramolecular Hbond substituents is 2. The first kappa shape index (κ1) is 35.9. The number of amides is 1. The van der Waals surface area contributed by atoms with Crippen LogP contribution in [0, 0.1) is 0 Å². The molecule has 51 heavy (non-hydrogen) atoms. The van der Waals surface area contributed by atoms with Crippen LogP contribution >= 0.6 is 0 Å². The van der Waals surface area contributed by atoms with Crippen LogP contribution in [0.1, 0.15) is 86.8 Å². The van der Waals surface area contributed by atoms with Crippen LogP contribution in [-0.2, 0) is 33.7 Å². The summed E-state index contributed by atoms with van der Waals surface area (Å²) in [5.41, 5.74) is -1.74. The number of ketones is 3. The van der Waals surface area contributed by atoms with Crippen molar-refractivity contribution in [2.24, 2.45) is 0 Å². The number of carbonyl (C=O) groups is 4. The van der Waals surface area contributed by atoms with E-state index in [2.05, 4.69) is 10.6 Å². The number of ether oxygens (including phenoxy) is 3. The zero-order valence-corrected chi connectivity index (χ0v) is 28.3. The maximum atomic E-state index is 13.9. The standard InChI is InChI=1S/C37H40N2O12/c1-4-18-8-10-19(11-9-18)16-50-36(47)39-22-12-26(51-17(2)31(22)42)38-23-14-37(48,25(41)15-40)13-21-27(23)34(45)30-29(33(21)44)32(43)20-6-5-7-24(49-3)28(20)35(30)46/h5-11,17,22-23,26,31,38,40,42,44-45,48H,4,12-16H2,1-3H3,(H,39,47)/t17-,22-,23-,26+,31+,37-/m1/s1. The molecule has 1 heterocycles. The van der Waals surface area contributed by atoms with E-state index in [1.165, 1.54) is 25.3 Å². The molecular weight excluding hydrogens is 664 g/mol. The van der Waals surface area contributed by atoms with Crippen molar-refractivity contribution < 1.29 is 58.9 Å². The van der Waals surface area contributed by atoms with Gasteiger partial charge in [0, 0.05) is 42.0 Å². The summed E-state index contributed by atoms with van der Waals surface area (Å²) in [6.45, 7) is 2.56. The van der Waals surface area contributed by atoms with Crippen molar-refractivity contribution in [3.63, 3.8) is 0 Å². The smallest absolute Gasteiger partial charge is 0.407 e. The molecule has 0 aromatic heterocycles. The first-order chi connectivity index (χ1) is 24.3. The molecule has 1 fully saturated rings. The average molecular weight is 705 g/mol. The lowest BCUT2D eigenvalue weighted by Crippen LogP contribution is -2.59. The molecule has 6 atom stereocenters. The van der Waals surface area contributed by atoms with E-state index < -0.39 is 102 Å². The Kier molecular flexibility index (Phi) is 9.90. The Morgan fingerprint density at radius 1 is 1.00 bits per heavy atom. The highest BCUT2D eigenvalue weighted by Crippen LogP contribution is 2.51. The van der Waals surface area contributed by atoms with Gasteiger partial charge in [0.15, 0.2) is 11.6 Å². The highest BCUT2D eigenvalue weighted by atomic mass is 16.6. The third-order valence-electron chi connectivity index (χ3n) is 10.0.